The molecule has 1 atom stereocenters. The van der Waals surface area contributed by atoms with Gasteiger partial charge in [0.1, 0.15) is 11.3 Å². The number of benzene rings is 1. The largest absolute Gasteiger partial charge is 0.459 e. The van der Waals surface area contributed by atoms with Crippen LogP contribution < -0.4 is 5.32 Å². The molecule has 0 radical (unpaired) electrons. The first-order valence-corrected chi connectivity index (χ1v) is 7.55. The SMILES string of the molecule is CCCNC(COCCC)c1cc2cc(C)ccc2o1. The summed E-state index contributed by atoms with van der Waals surface area (Å²) in [6.45, 7) is 8.81. The van der Waals surface area contributed by atoms with Gasteiger partial charge in [-0.15, -0.1) is 0 Å². The summed E-state index contributed by atoms with van der Waals surface area (Å²) in [5.74, 6) is 0.968. The van der Waals surface area contributed by atoms with Crippen LogP contribution in [0, 0.1) is 6.92 Å². The van der Waals surface area contributed by atoms with Crippen molar-refractivity contribution in [3.8, 4) is 0 Å². The van der Waals surface area contributed by atoms with E-state index in [-0.39, 0.29) is 6.04 Å². The van der Waals surface area contributed by atoms with Crippen molar-refractivity contribution in [1.82, 2.24) is 5.32 Å². The summed E-state index contributed by atoms with van der Waals surface area (Å²) in [5, 5.41) is 4.67. The summed E-state index contributed by atoms with van der Waals surface area (Å²) in [6, 6.07) is 8.54. The molecular weight excluding hydrogens is 250 g/mol. The third-order valence-corrected chi connectivity index (χ3v) is 3.31. The van der Waals surface area contributed by atoms with Crippen molar-refractivity contribution in [2.75, 3.05) is 19.8 Å². The normalized spacial score (nSPS) is 12.9. The number of ether oxygens (including phenoxy) is 1. The minimum atomic E-state index is 0.134. The number of nitrogens with one attached hydrogen (secondary N) is 1. The van der Waals surface area contributed by atoms with E-state index in [1.807, 2.05) is 6.07 Å². The molecule has 20 heavy (non-hydrogen) atoms. The van der Waals surface area contributed by atoms with E-state index in [0.29, 0.717) is 6.61 Å². The summed E-state index contributed by atoms with van der Waals surface area (Å²) in [7, 11) is 0. The molecule has 0 saturated heterocycles. The van der Waals surface area contributed by atoms with Crippen LogP contribution in [-0.4, -0.2) is 19.8 Å². The van der Waals surface area contributed by atoms with E-state index in [1.165, 1.54) is 10.9 Å². The highest BCUT2D eigenvalue weighted by Crippen LogP contribution is 2.25. The highest BCUT2D eigenvalue weighted by molar-refractivity contribution is 5.78. The smallest absolute Gasteiger partial charge is 0.134 e. The molecule has 0 bridgehead atoms. The molecule has 2 aromatic rings. The third-order valence-electron chi connectivity index (χ3n) is 3.31. The first-order valence-electron chi connectivity index (χ1n) is 7.55. The minimum Gasteiger partial charge on any atom is -0.459 e. The average molecular weight is 275 g/mol. The molecule has 1 unspecified atom stereocenters. The molecule has 0 spiro atoms. The molecule has 3 nitrogen and oxygen atoms in total. The number of aryl methyl sites for hydroxylation is 1. The fourth-order valence-corrected chi connectivity index (χ4v) is 2.26. The van der Waals surface area contributed by atoms with Gasteiger partial charge in [0.15, 0.2) is 0 Å². The number of hydrogen-bond acceptors (Lipinski definition) is 3. The van der Waals surface area contributed by atoms with Gasteiger partial charge < -0.3 is 14.5 Å². The van der Waals surface area contributed by atoms with E-state index in [9.17, 15) is 0 Å². The van der Waals surface area contributed by atoms with E-state index in [2.05, 4.69) is 44.3 Å². The first kappa shape index (κ1) is 15.1. The Kier molecular flexibility index (Phi) is 5.62. The van der Waals surface area contributed by atoms with Crippen LogP contribution in [0.25, 0.3) is 11.0 Å². The molecule has 0 aliphatic carbocycles. The van der Waals surface area contributed by atoms with Gasteiger partial charge >= 0.3 is 0 Å². The first-order chi connectivity index (χ1) is 9.74. The molecule has 0 aliphatic heterocycles. The fraction of sp³-hybridized carbons (Fsp3) is 0.529. The van der Waals surface area contributed by atoms with Crippen LogP contribution in [0.3, 0.4) is 0 Å². The van der Waals surface area contributed by atoms with Gasteiger partial charge in [0.05, 0.1) is 12.6 Å². The molecule has 1 N–H and O–H groups in total. The molecule has 0 aliphatic rings. The zero-order chi connectivity index (χ0) is 14.4. The molecule has 3 heteroatoms. The lowest BCUT2D eigenvalue weighted by Crippen LogP contribution is -2.26. The van der Waals surface area contributed by atoms with Gasteiger partial charge in [0.25, 0.3) is 0 Å². The van der Waals surface area contributed by atoms with E-state index < -0.39 is 0 Å². The monoisotopic (exact) mass is 275 g/mol. The van der Waals surface area contributed by atoms with Crippen molar-refractivity contribution in [2.24, 2.45) is 0 Å². The van der Waals surface area contributed by atoms with E-state index in [0.717, 1.165) is 37.3 Å². The van der Waals surface area contributed by atoms with Crippen molar-refractivity contribution in [3.05, 3.63) is 35.6 Å². The molecule has 1 aromatic carbocycles. The average Bonchev–Trinajstić information content (AvgIpc) is 2.85. The Morgan fingerprint density at radius 3 is 2.80 bits per heavy atom. The highest BCUT2D eigenvalue weighted by Gasteiger charge is 2.16. The van der Waals surface area contributed by atoms with Gasteiger partial charge in [-0.2, -0.15) is 0 Å². The second-order valence-electron chi connectivity index (χ2n) is 5.27. The quantitative estimate of drug-likeness (QED) is 0.733. The lowest BCUT2D eigenvalue weighted by atomic mass is 10.1. The maximum Gasteiger partial charge on any atom is 0.134 e. The van der Waals surface area contributed by atoms with E-state index >= 15 is 0 Å². The number of fused-ring (bicyclic) bond motifs is 1. The number of furan rings is 1. The Morgan fingerprint density at radius 2 is 2.05 bits per heavy atom. The lowest BCUT2D eigenvalue weighted by molar-refractivity contribution is 0.106. The van der Waals surface area contributed by atoms with Crippen LogP contribution >= 0.6 is 0 Å². The van der Waals surface area contributed by atoms with Crippen LogP contribution in [0.1, 0.15) is 44.1 Å². The zero-order valence-electron chi connectivity index (χ0n) is 12.7. The summed E-state index contributed by atoms with van der Waals surface area (Å²) in [4.78, 5) is 0. The van der Waals surface area contributed by atoms with Gasteiger partial charge in [-0.25, -0.2) is 0 Å². The predicted molar refractivity (Wildman–Crippen MR) is 83.1 cm³/mol. The topological polar surface area (TPSA) is 34.4 Å². The van der Waals surface area contributed by atoms with Gasteiger partial charge in [0.2, 0.25) is 0 Å². The molecule has 110 valence electrons. The van der Waals surface area contributed by atoms with Crippen LogP contribution in [-0.2, 0) is 4.74 Å². The van der Waals surface area contributed by atoms with Crippen LogP contribution in [0.2, 0.25) is 0 Å². The van der Waals surface area contributed by atoms with Gasteiger partial charge in [0, 0.05) is 12.0 Å². The predicted octanol–water partition coefficient (Wildman–Crippen LogP) is 4.21. The molecule has 0 saturated carbocycles. The minimum absolute atomic E-state index is 0.134. The summed E-state index contributed by atoms with van der Waals surface area (Å²) >= 11 is 0. The van der Waals surface area contributed by atoms with Crippen molar-refractivity contribution < 1.29 is 9.15 Å². The maximum atomic E-state index is 5.97. The fourth-order valence-electron chi connectivity index (χ4n) is 2.26. The Labute approximate surface area is 121 Å². The number of hydrogen-bond donors (Lipinski definition) is 1. The lowest BCUT2D eigenvalue weighted by Gasteiger charge is -2.16. The number of rotatable bonds is 8. The Bertz CT molecular complexity index is 533. The maximum absolute atomic E-state index is 5.97. The van der Waals surface area contributed by atoms with Gasteiger partial charge in [-0.05, 0) is 44.5 Å². The van der Waals surface area contributed by atoms with Crippen LogP contribution in [0.4, 0.5) is 0 Å². The second-order valence-corrected chi connectivity index (χ2v) is 5.27. The van der Waals surface area contributed by atoms with Crippen LogP contribution in [0.5, 0.6) is 0 Å². The summed E-state index contributed by atoms with van der Waals surface area (Å²) in [5.41, 5.74) is 2.20. The van der Waals surface area contributed by atoms with Crippen molar-refractivity contribution in [1.29, 1.82) is 0 Å². The molecule has 0 amide bonds. The Morgan fingerprint density at radius 1 is 1.20 bits per heavy atom. The standard InChI is InChI=1S/C17H25NO2/c1-4-8-18-15(12-19-9-5-2)17-11-14-10-13(3)6-7-16(14)20-17/h6-7,10-11,15,18H,4-5,8-9,12H2,1-3H3. The van der Waals surface area contributed by atoms with Crippen molar-refractivity contribution in [2.45, 2.75) is 39.7 Å². The van der Waals surface area contributed by atoms with Gasteiger partial charge in [-0.3, -0.25) is 0 Å². The Hall–Kier alpha value is -1.32. The highest BCUT2D eigenvalue weighted by atomic mass is 16.5. The molecule has 0 fully saturated rings. The van der Waals surface area contributed by atoms with E-state index in [4.69, 9.17) is 9.15 Å². The Balaban J connectivity index is 2.15. The van der Waals surface area contributed by atoms with Crippen molar-refractivity contribution in [3.63, 3.8) is 0 Å². The molecule has 1 aromatic heterocycles. The van der Waals surface area contributed by atoms with Gasteiger partial charge in [-0.1, -0.05) is 25.5 Å². The van der Waals surface area contributed by atoms with Crippen LogP contribution in [0.15, 0.2) is 28.7 Å². The van der Waals surface area contributed by atoms with Crippen molar-refractivity contribution >= 4 is 11.0 Å². The molecule has 2 rings (SSSR count). The second kappa shape index (κ2) is 7.46. The third kappa shape index (κ3) is 3.84. The summed E-state index contributed by atoms with van der Waals surface area (Å²) < 4.78 is 11.7. The molecular formula is C17H25NO2. The summed E-state index contributed by atoms with van der Waals surface area (Å²) in [6.07, 6.45) is 2.14. The zero-order valence-corrected chi connectivity index (χ0v) is 12.7. The molecule has 1 heterocycles. The van der Waals surface area contributed by atoms with E-state index in [1.54, 1.807) is 0 Å².